The molecule has 0 aromatic heterocycles. The van der Waals surface area contributed by atoms with Gasteiger partial charge in [-0.05, 0) is 34.0 Å². The molecule has 0 saturated carbocycles. The molecule has 4 aromatic carbocycles. The Hall–Kier alpha value is -3.66. The van der Waals surface area contributed by atoms with Crippen LogP contribution in [0.5, 0.6) is 17.2 Å². The van der Waals surface area contributed by atoms with Gasteiger partial charge in [0.25, 0.3) is 8.32 Å². The first-order valence-corrected chi connectivity index (χ1v) is 17.8. The van der Waals surface area contributed by atoms with Crippen LogP contribution >= 0.6 is 0 Å². The van der Waals surface area contributed by atoms with Crippen LogP contribution in [0.25, 0.3) is 0 Å². The van der Waals surface area contributed by atoms with Crippen LogP contribution in [-0.4, -0.2) is 64.2 Å². The smallest absolute Gasteiger partial charge is 0.261 e. The summed E-state index contributed by atoms with van der Waals surface area (Å²) in [5.74, 6) is 0.462. The fraction of sp³-hybridized carbons (Fsp3) is 0.368. The lowest BCUT2D eigenvalue weighted by molar-refractivity contribution is -0.0295. The first-order chi connectivity index (χ1) is 22.1. The van der Waals surface area contributed by atoms with Gasteiger partial charge in [-0.1, -0.05) is 112 Å². The largest absolute Gasteiger partial charge is 0.504 e. The maximum atomic E-state index is 11.8. The van der Waals surface area contributed by atoms with Gasteiger partial charge < -0.3 is 34.2 Å². The SMILES string of the molecule is COc1cc([C@@H](CO[Si](c2ccccc2)(c2ccccc2)C(C)(C)C)[C@@H]2NC[C@@H](OCc3ccccc3)[C@H]2O)c(O)c(OC)c1C. The molecule has 46 heavy (non-hydrogen) atoms. The van der Waals surface area contributed by atoms with Gasteiger partial charge in [-0.15, -0.1) is 0 Å². The zero-order chi connectivity index (χ0) is 32.9. The Morgan fingerprint density at radius 3 is 1.96 bits per heavy atom. The van der Waals surface area contributed by atoms with E-state index in [-0.39, 0.29) is 17.4 Å². The minimum absolute atomic E-state index is 0.0134. The van der Waals surface area contributed by atoms with Crippen molar-refractivity contribution in [1.82, 2.24) is 5.32 Å². The number of hydrogen-bond acceptors (Lipinski definition) is 7. The molecular weight excluding hydrogens is 595 g/mol. The van der Waals surface area contributed by atoms with Crippen LogP contribution in [-0.2, 0) is 15.8 Å². The van der Waals surface area contributed by atoms with E-state index in [2.05, 4.69) is 74.6 Å². The van der Waals surface area contributed by atoms with Crippen molar-refractivity contribution in [3.8, 4) is 17.2 Å². The van der Waals surface area contributed by atoms with Gasteiger partial charge in [0.05, 0.1) is 33.0 Å². The van der Waals surface area contributed by atoms with Gasteiger partial charge >= 0.3 is 0 Å². The third kappa shape index (κ3) is 6.59. The highest BCUT2D eigenvalue weighted by atomic mass is 28.4. The molecular formula is C38H47NO6Si. The molecule has 1 saturated heterocycles. The third-order valence-electron chi connectivity index (χ3n) is 9.25. The fourth-order valence-corrected chi connectivity index (χ4v) is 11.5. The minimum Gasteiger partial charge on any atom is -0.504 e. The molecule has 7 nitrogen and oxygen atoms in total. The monoisotopic (exact) mass is 641 g/mol. The van der Waals surface area contributed by atoms with E-state index in [1.165, 1.54) is 7.11 Å². The summed E-state index contributed by atoms with van der Waals surface area (Å²) in [6, 6.07) is 32.2. The Kier molecular flexibility index (Phi) is 10.5. The Balaban J connectivity index is 1.58. The van der Waals surface area contributed by atoms with Gasteiger partial charge in [-0.2, -0.15) is 0 Å². The Bertz CT molecular complexity index is 1520. The maximum Gasteiger partial charge on any atom is 0.261 e. The highest BCUT2D eigenvalue weighted by Crippen LogP contribution is 2.45. The molecule has 4 atom stereocenters. The number of aromatic hydroxyl groups is 1. The molecule has 5 rings (SSSR count). The first-order valence-electron chi connectivity index (χ1n) is 15.9. The van der Waals surface area contributed by atoms with Crippen molar-refractivity contribution in [2.45, 2.75) is 63.5 Å². The average molecular weight is 642 g/mol. The van der Waals surface area contributed by atoms with E-state index in [1.807, 2.05) is 55.5 Å². The van der Waals surface area contributed by atoms with Crippen molar-refractivity contribution < 1.29 is 28.8 Å². The summed E-state index contributed by atoms with van der Waals surface area (Å²) in [5, 5.41) is 29.1. The molecule has 1 aliphatic rings. The normalized spacial score (nSPS) is 19.2. The van der Waals surface area contributed by atoms with E-state index in [9.17, 15) is 10.2 Å². The Morgan fingerprint density at radius 2 is 1.43 bits per heavy atom. The summed E-state index contributed by atoms with van der Waals surface area (Å²) >= 11 is 0. The zero-order valence-electron chi connectivity index (χ0n) is 27.7. The van der Waals surface area contributed by atoms with Gasteiger partial charge in [-0.3, -0.25) is 0 Å². The highest BCUT2D eigenvalue weighted by molar-refractivity contribution is 6.99. The number of ether oxygens (including phenoxy) is 3. The summed E-state index contributed by atoms with van der Waals surface area (Å²) < 4.78 is 25.0. The molecule has 0 amide bonds. The van der Waals surface area contributed by atoms with Crippen molar-refractivity contribution in [2.24, 2.45) is 0 Å². The van der Waals surface area contributed by atoms with Gasteiger partial charge in [-0.25, -0.2) is 0 Å². The molecule has 0 unspecified atom stereocenters. The second kappa shape index (κ2) is 14.4. The highest BCUT2D eigenvalue weighted by Gasteiger charge is 2.51. The lowest BCUT2D eigenvalue weighted by atomic mass is 9.87. The molecule has 3 N–H and O–H groups in total. The molecule has 1 fully saturated rings. The molecule has 0 aliphatic carbocycles. The number of methoxy groups -OCH3 is 2. The van der Waals surface area contributed by atoms with Gasteiger partial charge in [0.15, 0.2) is 11.5 Å². The summed E-state index contributed by atoms with van der Waals surface area (Å²) in [6.07, 6.45) is -1.31. The Morgan fingerprint density at radius 1 is 0.870 bits per heavy atom. The predicted molar refractivity (Wildman–Crippen MR) is 185 cm³/mol. The lowest BCUT2D eigenvalue weighted by Crippen LogP contribution is -2.67. The minimum atomic E-state index is -2.95. The second-order valence-electron chi connectivity index (χ2n) is 13.0. The van der Waals surface area contributed by atoms with Crippen LogP contribution in [0.4, 0.5) is 0 Å². The summed E-state index contributed by atoms with van der Waals surface area (Å²) in [4.78, 5) is 0. The molecule has 0 bridgehead atoms. The van der Waals surface area contributed by atoms with E-state index in [4.69, 9.17) is 18.6 Å². The van der Waals surface area contributed by atoms with Crippen molar-refractivity contribution in [1.29, 1.82) is 0 Å². The van der Waals surface area contributed by atoms with Crippen LogP contribution in [0.15, 0.2) is 97.1 Å². The number of aliphatic hydroxyl groups excluding tert-OH is 1. The second-order valence-corrected chi connectivity index (χ2v) is 17.3. The van der Waals surface area contributed by atoms with E-state index >= 15 is 0 Å². The fourth-order valence-electron chi connectivity index (χ4n) is 6.89. The zero-order valence-corrected chi connectivity index (χ0v) is 28.7. The van der Waals surface area contributed by atoms with Crippen LogP contribution < -0.4 is 25.2 Å². The van der Waals surface area contributed by atoms with Crippen LogP contribution in [0, 0.1) is 6.92 Å². The van der Waals surface area contributed by atoms with Gasteiger partial charge in [0.1, 0.15) is 5.75 Å². The number of phenols is 1. The van der Waals surface area contributed by atoms with E-state index in [0.717, 1.165) is 15.9 Å². The third-order valence-corrected chi connectivity index (χ3v) is 14.3. The van der Waals surface area contributed by atoms with Crippen molar-refractivity contribution in [3.63, 3.8) is 0 Å². The maximum absolute atomic E-state index is 11.8. The quantitative estimate of drug-likeness (QED) is 0.181. The molecule has 0 radical (unpaired) electrons. The molecule has 244 valence electrons. The number of aliphatic hydroxyl groups is 1. The molecule has 8 heteroatoms. The predicted octanol–water partition coefficient (Wildman–Crippen LogP) is 5.30. The summed E-state index contributed by atoms with van der Waals surface area (Å²) in [5.41, 5.74) is 2.31. The molecule has 4 aromatic rings. The molecule has 1 aliphatic heterocycles. The van der Waals surface area contributed by atoms with E-state index in [0.29, 0.717) is 35.8 Å². The number of hydrogen-bond donors (Lipinski definition) is 3. The topological polar surface area (TPSA) is 89.4 Å². The molecule has 0 spiro atoms. The Labute approximate surface area is 274 Å². The number of nitrogens with one attached hydrogen (secondary N) is 1. The summed E-state index contributed by atoms with van der Waals surface area (Å²) in [7, 11) is 0.190. The first kappa shape index (κ1) is 33.7. The van der Waals surface area contributed by atoms with Gasteiger partial charge in [0.2, 0.25) is 0 Å². The summed E-state index contributed by atoms with van der Waals surface area (Å²) in [6.45, 7) is 9.62. The van der Waals surface area contributed by atoms with E-state index in [1.54, 1.807) is 7.11 Å². The number of benzene rings is 4. The number of rotatable bonds is 12. The molecule has 1 heterocycles. The number of phenolic OH excluding ortho intramolecular Hbond substituents is 1. The van der Waals surface area contributed by atoms with Crippen molar-refractivity contribution in [3.05, 3.63) is 114 Å². The lowest BCUT2D eigenvalue weighted by Gasteiger charge is -2.44. The standard InChI is InChI=1S/C38H47NO6Si/c1-26-32(42-5)22-30(35(40)37(26)43-6)31(34-36(41)33(23-39-34)44-24-27-16-10-7-11-17-27)25-45-46(38(2,3)4,28-18-12-8-13-19-28)29-20-14-9-15-21-29/h7-22,31,33-34,36,39-41H,23-25H2,1-6H3/t31-,33-,34+,36-/m1/s1. The van der Waals surface area contributed by atoms with Crippen LogP contribution in [0.2, 0.25) is 5.04 Å². The van der Waals surface area contributed by atoms with E-state index < -0.39 is 32.5 Å². The van der Waals surface area contributed by atoms with Crippen molar-refractivity contribution in [2.75, 3.05) is 27.4 Å². The van der Waals surface area contributed by atoms with Crippen LogP contribution in [0.1, 0.15) is 43.4 Å². The van der Waals surface area contributed by atoms with Crippen LogP contribution in [0.3, 0.4) is 0 Å². The van der Waals surface area contributed by atoms with Gasteiger partial charge in [0, 0.05) is 36.2 Å². The average Bonchev–Trinajstić information content (AvgIpc) is 3.43. The van der Waals surface area contributed by atoms with Crippen molar-refractivity contribution >= 4 is 18.7 Å².